The number of hydrogen-bond acceptors (Lipinski definition) is 5. The summed E-state index contributed by atoms with van der Waals surface area (Å²) in [6.45, 7) is 0. The summed E-state index contributed by atoms with van der Waals surface area (Å²) in [7, 11) is 0. The molecule has 2 aromatic rings. The first-order valence-corrected chi connectivity index (χ1v) is 5.11. The quantitative estimate of drug-likeness (QED) is 0.680. The van der Waals surface area contributed by atoms with E-state index in [1.54, 1.807) is 0 Å². The summed E-state index contributed by atoms with van der Waals surface area (Å²) in [6, 6.07) is 5.04. The number of nitro benzene ring substituents is 1. The van der Waals surface area contributed by atoms with Crippen LogP contribution in [-0.4, -0.2) is 16.0 Å². The van der Waals surface area contributed by atoms with Crippen molar-refractivity contribution in [1.29, 1.82) is 0 Å². The van der Waals surface area contributed by atoms with Gasteiger partial charge in [-0.15, -0.1) is 0 Å². The van der Waals surface area contributed by atoms with Crippen LogP contribution in [0.2, 0.25) is 5.02 Å². The number of carbonyl (C=O) groups excluding carboxylic acids is 1. The maximum absolute atomic E-state index is 11.8. The van der Waals surface area contributed by atoms with E-state index in [1.165, 1.54) is 24.5 Å². The lowest BCUT2D eigenvalue weighted by atomic mass is 10.2. The van der Waals surface area contributed by atoms with E-state index < -0.39 is 10.8 Å². The molecule has 0 bridgehead atoms. The molecule has 0 aliphatic heterocycles. The summed E-state index contributed by atoms with van der Waals surface area (Å²) in [5.74, 6) is -0.403. The van der Waals surface area contributed by atoms with Crippen molar-refractivity contribution in [2.75, 3.05) is 5.32 Å². The van der Waals surface area contributed by atoms with E-state index in [-0.39, 0.29) is 22.1 Å². The van der Waals surface area contributed by atoms with Gasteiger partial charge < -0.3 is 9.84 Å². The van der Waals surface area contributed by atoms with Gasteiger partial charge in [0.1, 0.15) is 6.26 Å². The van der Waals surface area contributed by atoms with E-state index in [0.717, 1.165) is 6.07 Å². The van der Waals surface area contributed by atoms with Crippen LogP contribution in [0.3, 0.4) is 0 Å². The SMILES string of the molecule is O=C(Nc1ccon1)c1cc([N+](=O)[O-])ccc1Cl. The van der Waals surface area contributed by atoms with Crippen LogP contribution >= 0.6 is 11.6 Å². The molecular weight excluding hydrogens is 262 g/mol. The molecule has 0 atom stereocenters. The van der Waals surface area contributed by atoms with Crippen molar-refractivity contribution in [2.24, 2.45) is 0 Å². The van der Waals surface area contributed by atoms with Crippen LogP contribution in [0.5, 0.6) is 0 Å². The smallest absolute Gasteiger partial charge is 0.270 e. The first-order valence-electron chi connectivity index (χ1n) is 4.73. The topological polar surface area (TPSA) is 98.3 Å². The van der Waals surface area contributed by atoms with Gasteiger partial charge in [0.2, 0.25) is 0 Å². The molecular formula is C10H6ClN3O4. The zero-order valence-electron chi connectivity index (χ0n) is 8.79. The Labute approximate surface area is 105 Å². The highest BCUT2D eigenvalue weighted by molar-refractivity contribution is 6.34. The number of rotatable bonds is 3. The Hall–Kier alpha value is -2.41. The van der Waals surface area contributed by atoms with E-state index in [2.05, 4.69) is 15.0 Å². The third-order valence-electron chi connectivity index (χ3n) is 2.08. The Morgan fingerprint density at radius 1 is 1.44 bits per heavy atom. The Balaban J connectivity index is 2.29. The summed E-state index contributed by atoms with van der Waals surface area (Å²) in [5, 5.41) is 16.6. The van der Waals surface area contributed by atoms with Gasteiger partial charge in [0.25, 0.3) is 11.6 Å². The van der Waals surface area contributed by atoms with Gasteiger partial charge in [-0.2, -0.15) is 0 Å². The molecule has 1 aromatic carbocycles. The van der Waals surface area contributed by atoms with Crippen LogP contribution in [0, 0.1) is 10.1 Å². The van der Waals surface area contributed by atoms with Crippen LogP contribution in [0.15, 0.2) is 35.1 Å². The second-order valence-electron chi connectivity index (χ2n) is 3.26. The summed E-state index contributed by atoms with van der Waals surface area (Å²) < 4.78 is 4.54. The number of nitro groups is 1. The van der Waals surface area contributed by atoms with Crippen molar-refractivity contribution in [1.82, 2.24) is 5.16 Å². The second-order valence-corrected chi connectivity index (χ2v) is 3.67. The second kappa shape index (κ2) is 4.84. The number of amides is 1. The number of benzene rings is 1. The van der Waals surface area contributed by atoms with E-state index in [9.17, 15) is 14.9 Å². The summed E-state index contributed by atoms with van der Waals surface area (Å²) in [6.07, 6.45) is 1.28. The van der Waals surface area contributed by atoms with Gasteiger partial charge >= 0.3 is 0 Å². The zero-order valence-corrected chi connectivity index (χ0v) is 9.55. The van der Waals surface area contributed by atoms with E-state index in [4.69, 9.17) is 11.6 Å². The molecule has 0 aliphatic carbocycles. The molecule has 8 heteroatoms. The maximum Gasteiger partial charge on any atom is 0.270 e. The minimum atomic E-state index is -0.608. The van der Waals surface area contributed by atoms with E-state index in [1.807, 2.05) is 0 Å². The van der Waals surface area contributed by atoms with Crippen molar-refractivity contribution in [3.8, 4) is 0 Å². The van der Waals surface area contributed by atoms with Gasteiger partial charge in [-0.05, 0) is 6.07 Å². The molecule has 2 rings (SSSR count). The molecule has 0 radical (unpaired) electrons. The highest BCUT2D eigenvalue weighted by Gasteiger charge is 2.16. The molecule has 0 spiro atoms. The van der Waals surface area contributed by atoms with Crippen LogP contribution < -0.4 is 5.32 Å². The molecule has 1 amide bonds. The fraction of sp³-hybridized carbons (Fsp3) is 0. The van der Waals surface area contributed by atoms with Gasteiger partial charge in [0.15, 0.2) is 5.82 Å². The van der Waals surface area contributed by atoms with Crippen LogP contribution in [-0.2, 0) is 0 Å². The Morgan fingerprint density at radius 2 is 2.22 bits per heavy atom. The Morgan fingerprint density at radius 3 is 2.83 bits per heavy atom. The average molecular weight is 268 g/mol. The fourth-order valence-corrected chi connectivity index (χ4v) is 1.46. The number of anilines is 1. The number of carbonyl (C=O) groups is 1. The number of hydrogen-bond donors (Lipinski definition) is 1. The molecule has 1 heterocycles. The number of aromatic nitrogens is 1. The first kappa shape index (κ1) is 12.1. The lowest BCUT2D eigenvalue weighted by Gasteiger charge is -2.03. The Bertz CT molecular complexity index is 597. The van der Waals surface area contributed by atoms with Gasteiger partial charge in [0, 0.05) is 18.2 Å². The van der Waals surface area contributed by atoms with Gasteiger partial charge in [-0.1, -0.05) is 16.8 Å². The summed E-state index contributed by atoms with van der Waals surface area (Å²) >= 11 is 5.81. The number of nitrogens with one attached hydrogen (secondary N) is 1. The third-order valence-corrected chi connectivity index (χ3v) is 2.41. The molecule has 0 unspecified atom stereocenters. The molecule has 0 saturated carbocycles. The normalized spacial score (nSPS) is 10.1. The third kappa shape index (κ3) is 2.46. The Kier molecular flexibility index (Phi) is 3.24. The van der Waals surface area contributed by atoms with Gasteiger partial charge in [-0.25, -0.2) is 0 Å². The number of non-ortho nitro benzene ring substituents is 1. The van der Waals surface area contributed by atoms with Crippen molar-refractivity contribution in [3.63, 3.8) is 0 Å². The highest BCUT2D eigenvalue weighted by Crippen LogP contribution is 2.22. The van der Waals surface area contributed by atoms with E-state index in [0.29, 0.717) is 0 Å². The number of halogens is 1. The van der Waals surface area contributed by atoms with Gasteiger partial charge in [-0.3, -0.25) is 14.9 Å². The molecule has 0 saturated heterocycles. The fourth-order valence-electron chi connectivity index (χ4n) is 1.26. The van der Waals surface area contributed by atoms with Crippen molar-refractivity contribution in [3.05, 3.63) is 51.2 Å². The number of nitrogens with zero attached hydrogens (tertiary/aromatic N) is 2. The standard InChI is InChI=1S/C10H6ClN3O4/c11-8-2-1-6(14(16)17)5-7(8)10(15)12-9-3-4-18-13-9/h1-5H,(H,12,13,15). The van der Waals surface area contributed by atoms with Crippen molar-refractivity contribution >= 4 is 29.0 Å². The predicted molar refractivity (Wildman–Crippen MR) is 62.6 cm³/mol. The molecule has 18 heavy (non-hydrogen) atoms. The molecule has 1 aromatic heterocycles. The minimum absolute atomic E-state index is 0.00568. The lowest BCUT2D eigenvalue weighted by Crippen LogP contribution is -2.13. The largest absolute Gasteiger partial charge is 0.363 e. The monoisotopic (exact) mass is 267 g/mol. The van der Waals surface area contributed by atoms with Crippen molar-refractivity contribution in [2.45, 2.75) is 0 Å². The molecule has 92 valence electrons. The molecule has 7 nitrogen and oxygen atoms in total. The van der Waals surface area contributed by atoms with Crippen LogP contribution in [0.25, 0.3) is 0 Å². The zero-order chi connectivity index (χ0) is 13.1. The summed E-state index contributed by atoms with van der Waals surface area (Å²) in [4.78, 5) is 21.8. The lowest BCUT2D eigenvalue weighted by molar-refractivity contribution is -0.384. The maximum atomic E-state index is 11.8. The van der Waals surface area contributed by atoms with Crippen LogP contribution in [0.1, 0.15) is 10.4 Å². The van der Waals surface area contributed by atoms with Gasteiger partial charge in [0.05, 0.1) is 15.5 Å². The average Bonchev–Trinajstić information content (AvgIpc) is 2.81. The van der Waals surface area contributed by atoms with E-state index >= 15 is 0 Å². The molecule has 0 fully saturated rings. The van der Waals surface area contributed by atoms with Crippen molar-refractivity contribution < 1.29 is 14.2 Å². The first-order chi connectivity index (χ1) is 8.58. The predicted octanol–water partition coefficient (Wildman–Crippen LogP) is 2.49. The molecule has 1 N–H and O–H groups in total. The molecule has 0 aliphatic rings. The minimum Gasteiger partial charge on any atom is -0.363 e. The van der Waals surface area contributed by atoms with Crippen LogP contribution in [0.4, 0.5) is 11.5 Å². The summed E-state index contributed by atoms with van der Waals surface area (Å²) in [5.41, 5.74) is -0.224. The highest BCUT2D eigenvalue weighted by atomic mass is 35.5.